The molecule has 0 fully saturated rings. The van der Waals surface area contributed by atoms with E-state index >= 15 is 0 Å². The number of nitrogens with zero attached hydrogens (tertiary/aromatic N) is 2. The number of nitrogens with one attached hydrogen (secondary N) is 1. The predicted molar refractivity (Wildman–Crippen MR) is 68.8 cm³/mol. The second-order valence-electron chi connectivity index (χ2n) is 3.68. The van der Waals surface area contributed by atoms with Gasteiger partial charge in [0.05, 0.1) is 11.9 Å². The molecule has 1 rings (SSSR count). The Kier molecular flexibility index (Phi) is 5.42. The average Bonchev–Trinajstić information content (AvgIpc) is 2.32. The number of terminal acetylenes is 1. The number of alkyl halides is 3. The predicted octanol–water partition coefficient (Wildman–Crippen LogP) is 2.39. The van der Waals surface area contributed by atoms with E-state index in [1.165, 1.54) is 6.20 Å². The molecule has 0 radical (unpaired) electrons. The molecular weight excluding hydrogens is 327 g/mol. The monoisotopic (exact) mass is 337 g/mol. The third-order valence-corrected chi connectivity index (χ3v) is 2.94. The first-order valence-corrected chi connectivity index (χ1v) is 6.14. The van der Waals surface area contributed by atoms with Crippen molar-refractivity contribution in [2.45, 2.75) is 25.6 Å². The van der Waals surface area contributed by atoms with Crippen molar-refractivity contribution in [3.63, 3.8) is 0 Å². The van der Waals surface area contributed by atoms with Gasteiger partial charge in [0, 0.05) is 13.0 Å². The molecule has 8 heteroatoms. The van der Waals surface area contributed by atoms with Gasteiger partial charge < -0.3 is 5.32 Å². The van der Waals surface area contributed by atoms with Crippen molar-refractivity contribution in [3.05, 3.63) is 21.0 Å². The van der Waals surface area contributed by atoms with Crippen LogP contribution in [0.1, 0.15) is 12.8 Å². The molecule has 0 spiro atoms. The molecule has 1 N–H and O–H groups in total. The summed E-state index contributed by atoms with van der Waals surface area (Å²) in [5, 5.41) is 6.52. The van der Waals surface area contributed by atoms with Gasteiger partial charge in [-0.05, 0) is 22.4 Å². The highest BCUT2D eigenvalue weighted by atomic mass is 79.9. The van der Waals surface area contributed by atoms with E-state index in [0.717, 1.165) is 4.68 Å². The second-order valence-corrected chi connectivity index (χ2v) is 4.48. The first-order valence-electron chi connectivity index (χ1n) is 5.35. The summed E-state index contributed by atoms with van der Waals surface area (Å²) in [6, 6.07) is 0. The molecule has 0 aromatic carbocycles. The standard InChI is InChI=1S/C11H11BrF3N3O/c1-2-6-18-10(19)9(12)8(7-17-18)16-5-3-4-11(13,14)15/h1,7,16H,3-6H2. The minimum Gasteiger partial charge on any atom is -0.383 e. The van der Waals surface area contributed by atoms with E-state index in [2.05, 4.69) is 32.3 Å². The van der Waals surface area contributed by atoms with Gasteiger partial charge in [-0.25, -0.2) is 4.68 Å². The Morgan fingerprint density at radius 2 is 2.21 bits per heavy atom. The van der Waals surface area contributed by atoms with Gasteiger partial charge in [-0.15, -0.1) is 6.42 Å². The maximum absolute atomic E-state index is 11.9. The van der Waals surface area contributed by atoms with Crippen LogP contribution in [0.15, 0.2) is 15.5 Å². The normalized spacial score (nSPS) is 11.1. The molecule has 1 heterocycles. The van der Waals surface area contributed by atoms with E-state index < -0.39 is 18.2 Å². The van der Waals surface area contributed by atoms with Crippen LogP contribution in [-0.4, -0.2) is 22.5 Å². The number of hydrogen-bond acceptors (Lipinski definition) is 3. The molecule has 0 saturated carbocycles. The van der Waals surface area contributed by atoms with Crippen molar-refractivity contribution in [2.75, 3.05) is 11.9 Å². The molecule has 4 nitrogen and oxygen atoms in total. The number of halogens is 4. The van der Waals surface area contributed by atoms with E-state index in [0.29, 0.717) is 5.69 Å². The maximum Gasteiger partial charge on any atom is 0.389 e. The summed E-state index contributed by atoms with van der Waals surface area (Å²) in [5.74, 6) is 2.27. The van der Waals surface area contributed by atoms with Gasteiger partial charge >= 0.3 is 6.18 Å². The van der Waals surface area contributed by atoms with Gasteiger partial charge in [0.2, 0.25) is 0 Å². The lowest BCUT2D eigenvalue weighted by Gasteiger charge is -2.10. The SMILES string of the molecule is C#CCn1ncc(NCCCC(F)(F)F)c(Br)c1=O. The lowest BCUT2D eigenvalue weighted by atomic mass is 10.3. The van der Waals surface area contributed by atoms with Crippen molar-refractivity contribution in [1.82, 2.24) is 9.78 Å². The minimum absolute atomic E-state index is 0.0335. The summed E-state index contributed by atoms with van der Waals surface area (Å²) in [5.41, 5.74) is -0.0841. The molecule has 0 aliphatic heterocycles. The van der Waals surface area contributed by atoms with Crippen molar-refractivity contribution < 1.29 is 13.2 Å². The van der Waals surface area contributed by atoms with E-state index in [-0.39, 0.29) is 24.0 Å². The number of hydrogen-bond donors (Lipinski definition) is 1. The molecule has 19 heavy (non-hydrogen) atoms. The van der Waals surface area contributed by atoms with Gasteiger partial charge in [-0.2, -0.15) is 18.3 Å². The van der Waals surface area contributed by atoms with Crippen molar-refractivity contribution >= 4 is 21.6 Å². The van der Waals surface area contributed by atoms with Crippen LogP contribution >= 0.6 is 15.9 Å². The molecule has 1 aromatic rings. The van der Waals surface area contributed by atoms with Gasteiger partial charge in [-0.3, -0.25) is 4.79 Å². The Morgan fingerprint density at radius 3 is 2.79 bits per heavy atom. The molecule has 0 atom stereocenters. The zero-order chi connectivity index (χ0) is 14.5. The molecule has 1 aromatic heterocycles. The third kappa shape index (κ3) is 4.95. The molecule has 0 bridgehead atoms. The summed E-state index contributed by atoms with van der Waals surface area (Å²) in [6.45, 7) is 0.129. The van der Waals surface area contributed by atoms with Crippen molar-refractivity contribution in [2.24, 2.45) is 0 Å². The Morgan fingerprint density at radius 1 is 1.53 bits per heavy atom. The lowest BCUT2D eigenvalue weighted by molar-refractivity contribution is -0.134. The van der Waals surface area contributed by atoms with E-state index in [9.17, 15) is 18.0 Å². The number of anilines is 1. The van der Waals surface area contributed by atoms with Crippen molar-refractivity contribution in [3.8, 4) is 12.3 Å². The summed E-state index contributed by atoms with van der Waals surface area (Å²) in [7, 11) is 0. The topological polar surface area (TPSA) is 46.9 Å². The summed E-state index contributed by atoms with van der Waals surface area (Å²) in [4.78, 5) is 11.7. The Balaban J connectivity index is 2.64. The van der Waals surface area contributed by atoms with Crippen molar-refractivity contribution in [1.29, 1.82) is 0 Å². The third-order valence-electron chi connectivity index (χ3n) is 2.18. The van der Waals surface area contributed by atoms with Crippen LogP contribution in [0.25, 0.3) is 0 Å². The van der Waals surface area contributed by atoms with E-state index in [1.807, 2.05) is 0 Å². The minimum atomic E-state index is -4.17. The zero-order valence-electron chi connectivity index (χ0n) is 9.80. The largest absolute Gasteiger partial charge is 0.389 e. The molecule has 0 saturated heterocycles. The quantitative estimate of drug-likeness (QED) is 0.663. The van der Waals surface area contributed by atoms with Gasteiger partial charge in [0.1, 0.15) is 11.0 Å². The Labute approximate surface area is 116 Å². The fraction of sp³-hybridized carbons (Fsp3) is 0.455. The van der Waals surface area contributed by atoms with Gasteiger partial charge in [0.25, 0.3) is 5.56 Å². The lowest BCUT2D eigenvalue weighted by Crippen LogP contribution is -2.24. The molecule has 0 aliphatic rings. The molecule has 0 aliphatic carbocycles. The van der Waals surface area contributed by atoms with Gasteiger partial charge in [0.15, 0.2) is 0 Å². The average molecular weight is 338 g/mol. The second kappa shape index (κ2) is 6.61. The number of rotatable bonds is 5. The molecule has 104 valence electrons. The highest BCUT2D eigenvalue weighted by Crippen LogP contribution is 2.22. The summed E-state index contributed by atoms with van der Waals surface area (Å²) in [6.07, 6.45) is 1.28. The van der Waals surface area contributed by atoms with Crippen LogP contribution in [-0.2, 0) is 6.54 Å². The van der Waals surface area contributed by atoms with Crippen LogP contribution in [0.5, 0.6) is 0 Å². The van der Waals surface area contributed by atoms with Crippen LogP contribution in [0, 0.1) is 12.3 Å². The van der Waals surface area contributed by atoms with Crippen LogP contribution in [0.2, 0.25) is 0 Å². The Bertz CT molecular complexity index is 533. The van der Waals surface area contributed by atoms with Crippen LogP contribution in [0.4, 0.5) is 18.9 Å². The summed E-state index contributed by atoms with van der Waals surface area (Å²) < 4.78 is 37.1. The smallest absolute Gasteiger partial charge is 0.383 e. The van der Waals surface area contributed by atoms with Crippen LogP contribution < -0.4 is 10.9 Å². The maximum atomic E-state index is 11.9. The fourth-order valence-corrected chi connectivity index (χ4v) is 1.75. The number of aromatic nitrogens is 2. The van der Waals surface area contributed by atoms with E-state index in [4.69, 9.17) is 6.42 Å². The Hall–Kier alpha value is -1.49. The molecular formula is C11H11BrF3N3O. The summed E-state index contributed by atoms with van der Waals surface area (Å²) >= 11 is 3.07. The molecule has 0 amide bonds. The fourth-order valence-electron chi connectivity index (χ4n) is 1.30. The highest BCUT2D eigenvalue weighted by Gasteiger charge is 2.25. The van der Waals surface area contributed by atoms with Crippen LogP contribution in [0.3, 0.4) is 0 Å². The first kappa shape index (κ1) is 15.6. The molecule has 0 unspecified atom stereocenters. The zero-order valence-corrected chi connectivity index (χ0v) is 11.4. The van der Waals surface area contributed by atoms with Gasteiger partial charge in [-0.1, -0.05) is 5.92 Å². The first-order chi connectivity index (χ1) is 8.85. The van der Waals surface area contributed by atoms with E-state index in [1.54, 1.807) is 0 Å². The highest BCUT2D eigenvalue weighted by molar-refractivity contribution is 9.10.